The summed E-state index contributed by atoms with van der Waals surface area (Å²) in [6, 6.07) is 3.73. The number of hydrogen-bond donors (Lipinski definition) is 4. The molecule has 0 saturated carbocycles. The van der Waals surface area contributed by atoms with E-state index in [1.807, 2.05) is 0 Å². The quantitative estimate of drug-likeness (QED) is 0.556. The minimum atomic E-state index is -0.756. The van der Waals surface area contributed by atoms with E-state index >= 15 is 0 Å². The first-order valence-electron chi connectivity index (χ1n) is 5.02. The monoisotopic (exact) mass is 241 g/mol. The number of aliphatic hydroxyl groups excluding tert-OH is 2. The van der Waals surface area contributed by atoms with Crippen molar-refractivity contribution in [2.75, 3.05) is 20.3 Å². The number of phenolic OH excluding ortho intramolecular Hbond substituents is 1. The number of amides is 1. The van der Waals surface area contributed by atoms with E-state index in [2.05, 4.69) is 5.32 Å². The number of para-hydroxylation sites is 1. The molecule has 17 heavy (non-hydrogen) atoms. The second-order valence-electron chi connectivity index (χ2n) is 3.39. The van der Waals surface area contributed by atoms with Crippen LogP contribution in [-0.2, 0) is 0 Å². The average Bonchev–Trinajstić information content (AvgIpc) is 2.35. The van der Waals surface area contributed by atoms with Gasteiger partial charge < -0.3 is 25.4 Å². The maximum atomic E-state index is 11.7. The first kappa shape index (κ1) is 13.3. The first-order chi connectivity index (χ1) is 8.13. The number of hydrogen-bond acceptors (Lipinski definition) is 5. The van der Waals surface area contributed by atoms with Gasteiger partial charge in [0, 0.05) is 0 Å². The molecule has 6 heteroatoms. The molecule has 0 fully saturated rings. The highest BCUT2D eigenvalue weighted by Crippen LogP contribution is 2.29. The number of nitrogens with one attached hydrogen (secondary N) is 1. The van der Waals surface area contributed by atoms with Gasteiger partial charge in [-0.25, -0.2) is 0 Å². The Kier molecular flexibility index (Phi) is 4.74. The van der Waals surface area contributed by atoms with E-state index in [0.717, 1.165) is 0 Å². The SMILES string of the molecule is COc1cccc(C(=O)NC(CO)CO)c1O. The average molecular weight is 241 g/mol. The van der Waals surface area contributed by atoms with E-state index in [1.54, 1.807) is 6.07 Å². The number of aromatic hydroxyl groups is 1. The van der Waals surface area contributed by atoms with Gasteiger partial charge in [0.15, 0.2) is 11.5 Å². The van der Waals surface area contributed by atoms with Crippen LogP contribution in [0.15, 0.2) is 18.2 Å². The summed E-state index contributed by atoms with van der Waals surface area (Å²) in [6.07, 6.45) is 0. The molecule has 0 aromatic heterocycles. The van der Waals surface area contributed by atoms with Crippen molar-refractivity contribution >= 4 is 5.91 Å². The summed E-state index contributed by atoms with van der Waals surface area (Å²) < 4.78 is 4.86. The Morgan fingerprint density at radius 1 is 1.41 bits per heavy atom. The molecule has 0 saturated heterocycles. The lowest BCUT2D eigenvalue weighted by atomic mass is 10.1. The second kappa shape index (κ2) is 6.07. The van der Waals surface area contributed by atoms with Crippen LogP contribution in [0.3, 0.4) is 0 Å². The Balaban J connectivity index is 2.89. The van der Waals surface area contributed by atoms with Crippen molar-refractivity contribution in [3.8, 4) is 11.5 Å². The van der Waals surface area contributed by atoms with E-state index in [1.165, 1.54) is 19.2 Å². The van der Waals surface area contributed by atoms with Gasteiger partial charge in [-0.1, -0.05) is 6.07 Å². The minimum absolute atomic E-state index is 0.0243. The number of carbonyl (C=O) groups is 1. The van der Waals surface area contributed by atoms with Crippen molar-refractivity contribution in [3.05, 3.63) is 23.8 Å². The summed E-state index contributed by atoms with van der Waals surface area (Å²) in [5, 5.41) is 29.7. The predicted octanol–water partition coefficient (Wildman–Crippen LogP) is -0.516. The van der Waals surface area contributed by atoms with Gasteiger partial charge in [0.2, 0.25) is 0 Å². The summed E-state index contributed by atoms with van der Waals surface area (Å²) in [5.41, 5.74) is 0.0243. The van der Waals surface area contributed by atoms with E-state index in [-0.39, 0.29) is 30.3 Å². The number of rotatable bonds is 5. The third kappa shape index (κ3) is 3.08. The third-order valence-electron chi connectivity index (χ3n) is 2.24. The highest BCUT2D eigenvalue weighted by atomic mass is 16.5. The van der Waals surface area contributed by atoms with Crippen LogP contribution in [0.1, 0.15) is 10.4 Å². The van der Waals surface area contributed by atoms with Crippen molar-refractivity contribution in [1.82, 2.24) is 5.32 Å². The first-order valence-corrected chi connectivity index (χ1v) is 5.02. The molecule has 0 bridgehead atoms. The van der Waals surface area contributed by atoms with E-state index in [4.69, 9.17) is 14.9 Å². The molecule has 0 radical (unpaired) electrons. The smallest absolute Gasteiger partial charge is 0.255 e. The highest BCUT2D eigenvalue weighted by Gasteiger charge is 2.17. The molecule has 1 aromatic rings. The molecule has 0 heterocycles. The van der Waals surface area contributed by atoms with Crippen LogP contribution in [-0.4, -0.2) is 47.6 Å². The maximum absolute atomic E-state index is 11.7. The van der Waals surface area contributed by atoms with Gasteiger partial charge in [0.25, 0.3) is 5.91 Å². The lowest BCUT2D eigenvalue weighted by molar-refractivity contribution is 0.0876. The van der Waals surface area contributed by atoms with Crippen LogP contribution in [0.2, 0.25) is 0 Å². The molecule has 94 valence electrons. The molecule has 6 nitrogen and oxygen atoms in total. The number of methoxy groups -OCH3 is 1. The van der Waals surface area contributed by atoms with Gasteiger partial charge in [0.1, 0.15) is 0 Å². The summed E-state index contributed by atoms with van der Waals surface area (Å²) in [7, 11) is 1.38. The fraction of sp³-hybridized carbons (Fsp3) is 0.364. The summed E-state index contributed by atoms with van der Waals surface area (Å²) in [5.74, 6) is -0.682. The van der Waals surface area contributed by atoms with Crippen LogP contribution >= 0.6 is 0 Å². The van der Waals surface area contributed by atoms with Crippen molar-refractivity contribution in [3.63, 3.8) is 0 Å². The third-order valence-corrected chi connectivity index (χ3v) is 2.24. The molecule has 0 aliphatic rings. The molecule has 4 N–H and O–H groups in total. The Hall–Kier alpha value is -1.79. The normalized spacial score (nSPS) is 10.4. The van der Waals surface area contributed by atoms with Gasteiger partial charge in [-0.05, 0) is 12.1 Å². The summed E-state index contributed by atoms with van der Waals surface area (Å²) >= 11 is 0. The minimum Gasteiger partial charge on any atom is -0.504 e. The molecular formula is C11H15NO5. The van der Waals surface area contributed by atoms with Crippen LogP contribution in [0, 0.1) is 0 Å². The van der Waals surface area contributed by atoms with Crippen LogP contribution in [0.5, 0.6) is 11.5 Å². The van der Waals surface area contributed by atoms with Crippen LogP contribution < -0.4 is 10.1 Å². The largest absolute Gasteiger partial charge is 0.504 e. The Labute approximate surface area is 98.5 Å². The fourth-order valence-corrected chi connectivity index (χ4v) is 1.28. The lowest BCUT2D eigenvalue weighted by Gasteiger charge is -2.14. The molecule has 0 unspecified atom stereocenters. The zero-order chi connectivity index (χ0) is 12.8. The molecular weight excluding hydrogens is 226 g/mol. The molecule has 1 amide bonds. The van der Waals surface area contributed by atoms with Gasteiger partial charge in [-0.3, -0.25) is 4.79 Å². The van der Waals surface area contributed by atoms with Crippen molar-refractivity contribution < 1.29 is 24.9 Å². The molecule has 0 aliphatic carbocycles. The fourth-order valence-electron chi connectivity index (χ4n) is 1.28. The second-order valence-corrected chi connectivity index (χ2v) is 3.39. The maximum Gasteiger partial charge on any atom is 0.255 e. The van der Waals surface area contributed by atoms with Gasteiger partial charge in [-0.15, -0.1) is 0 Å². The molecule has 0 aliphatic heterocycles. The molecule has 0 atom stereocenters. The summed E-state index contributed by atoms with van der Waals surface area (Å²) in [6.45, 7) is -0.764. The van der Waals surface area contributed by atoms with Crippen molar-refractivity contribution in [2.24, 2.45) is 0 Å². The predicted molar refractivity (Wildman–Crippen MR) is 60.1 cm³/mol. The number of phenols is 1. The Morgan fingerprint density at radius 3 is 2.59 bits per heavy atom. The number of carbonyl (C=O) groups excluding carboxylic acids is 1. The topological polar surface area (TPSA) is 99.0 Å². The number of aliphatic hydroxyl groups is 2. The van der Waals surface area contributed by atoms with E-state index in [9.17, 15) is 9.90 Å². The molecule has 1 aromatic carbocycles. The van der Waals surface area contributed by atoms with Crippen LogP contribution in [0.4, 0.5) is 0 Å². The lowest BCUT2D eigenvalue weighted by Crippen LogP contribution is -2.40. The van der Waals surface area contributed by atoms with Crippen molar-refractivity contribution in [2.45, 2.75) is 6.04 Å². The Bertz CT molecular complexity index is 389. The Morgan fingerprint density at radius 2 is 2.06 bits per heavy atom. The van der Waals surface area contributed by atoms with Crippen LogP contribution in [0.25, 0.3) is 0 Å². The molecule has 1 rings (SSSR count). The highest BCUT2D eigenvalue weighted by molar-refractivity contribution is 5.97. The van der Waals surface area contributed by atoms with Gasteiger partial charge >= 0.3 is 0 Å². The zero-order valence-corrected chi connectivity index (χ0v) is 9.38. The number of benzene rings is 1. The molecule has 0 spiro atoms. The number of ether oxygens (including phenoxy) is 1. The van der Waals surface area contributed by atoms with Crippen molar-refractivity contribution in [1.29, 1.82) is 0 Å². The summed E-state index contributed by atoms with van der Waals surface area (Å²) in [4.78, 5) is 11.7. The van der Waals surface area contributed by atoms with E-state index < -0.39 is 11.9 Å². The zero-order valence-electron chi connectivity index (χ0n) is 9.38. The standard InChI is InChI=1S/C11H15NO5/c1-17-9-4-2-3-8(10(9)15)11(16)12-7(5-13)6-14/h2-4,7,13-15H,5-6H2,1H3,(H,12,16). The van der Waals surface area contributed by atoms with E-state index in [0.29, 0.717) is 0 Å². The van der Waals surface area contributed by atoms with Gasteiger partial charge in [-0.2, -0.15) is 0 Å². The van der Waals surface area contributed by atoms with Gasteiger partial charge in [0.05, 0.1) is 31.9 Å².